The molecule has 0 aliphatic rings. The first-order chi connectivity index (χ1) is 6.63. The molecule has 4 nitrogen and oxygen atoms in total. The topological polar surface area (TPSA) is 58.6 Å². The highest BCUT2D eigenvalue weighted by molar-refractivity contribution is 5.68. The molecule has 0 rings (SSSR count). The van der Waals surface area contributed by atoms with Gasteiger partial charge >= 0.3 is 6.09 Å². The van der Waals surface area contributed by atoms with Gasteiger partial charge in [-0.25, -0.2) is 4.79 Å². The second-order valence-corrected chi connectivity index (χ2v) is 5.16. The highest BCUT2D eigenvalue weighted by Gasteiger charge is 2.24. The highest BCUT2D eigenvalue weighted by atomic mass is 16.6. The molecule has 0 fully saturated rings. The largest absolute Gasteiger partial charge is 0.444 e. The SMILES string of the molecule is CC(C)[C@H](NC(=O)OC(C)(C)C)[C@@H](C)O. The van der Waals surface area contributed by atoms with Gasteiger partial charge in [0.2, 0.25) is 0 Å². The summed E-state index contributed by atoms with van der Waals surface area (Å²) in [5.41, 5.74) is -0.510. The zero-order chi connectivity index (χ0) is 12.2. The Hall–Kier alpha value is -0.770. The Morgan fingerprint density at radius 2 is 1.73 bits per heavy atom. The van der Waals surface area contributed by atoms with Crippen LogP contribution in [0.3, 0.4) is 0 Å². The number of hydrogen-bond acceptors (Lipinski definition) is 3. The molecule has 0 aliphatic heterocycles. The third-order valence-electron chi connectivity index (χ3n) is 1.92. The van der Waals surface area contributed by atoms with E-state index in [2.05, 4.69) is 5.32 Å². The first kappa shape index (κ1) is 14.2. The van der Waals surface area contributed by atoms with Crippen LogP contribution in [0.15, 0.2) is 0 Å². The summed E-state index contributed by atoms with van der Waals surface area (Å²) < 4.78 is 5.11. The lowest BCUT2D eigenvalue weighted by atomic mass is 10.00. The van der Waals surface area contributed by atoms with E-state index in [-0.39, 0.29) is 12.0 Å². The van der Waals surface area contributed by atoms with Gasteiger partial charge in [0.1, 0.15) is 5.60 Å². The Kier molecular flexibility index (Phi) is 5.08. The summed E-state index contributed by atoms with van der Waals surface area (Å²) in [7, 11) is 0. The van der Waals surface area contributed by atoms with Crippen molar-refractivity contribution >= 4 is 6.09 Å². The fourth-order valence-electron chi connectivity index (χ4n) is 1.29. The maximum atomic E-state index is 11.4. The van der Waals surface area contributed by atoms with E-state index in [1.807, 2.05) is 13.8 Å². The summed E-state index contributed by atoms with van der Waals surface area (Å²) in [6, 6.07) is -0.278. The van der Waals surface area contributed by atoms with Crippen molar-refractivity contribution < 1.29 is 14.6 Å². The predicted molar refractivity (Wildman–Crippen MR) is 59.7 cm³/mol. The molecule has 0 aromatic rings. The van der Waals surface area contributed by atoms with Crippen LogP contribution in [0, 0.1) is 5.92 Å². The third-order valence-corrected chi connectivity index (χ3v) is 1.92. The summed E-state index contributed by atoms with van der Waals surface area (Å²) >= 11 is 0. The highest BCUT2D eigenvalue weighted by Crippen LogP contribution is 2.10. The Balaban J connectivity index is 4.25. The van der Waals surface area contributed by atoms with Gasteiger partial charge in [-0.05, 0) is 33.6 Å². The molecule has 0 bridgehead atoms. The van der Waals surface area contributed by atoms with E-state index in [9.17, 15) is 9.90 Å². The Bertz CT molecular complexity index is 198. The third kappa shape index (κ3) is 6.33. The number of rotatable bonds is 3. The molecule has 0 spiro atoms. The molecule has 0 aromatic carbocycles. The van der Waals surface area contributed by atoms with Crippen LogP contribution in [0.4, 0.5) is 4.79 Å². The van der Waals surface area contributed by atoms with Gasteiger partial charge in [-0.1, -0.05) is 13.8 Å². The summed E-state index contributed by atoms with van der Waals surface area (Å²) in [5.74, 6) is 0.164. The lowest BCUT2D eigenvalue weighted by Crippen LogP contribution is -2.47. The fraction of sp³-hybridized carbons (Fsp3) is 0.909. The van der Waals surface area contributed by atoms with Crippen molar-refractivity contribution in [1.82, 2.24) is 5.32 Å². The number of carbonyl (C=O) groups is 1. The van der Waals surface area contributed by atoms with Gasteiger partial charge in [0.25, 0.3) is 0 Å². The molecule has 0 unspecified atom stereocenters. The first-order valence-electron chi connectivity index (χ1n) is 5.31. The predicted octanol–water partition coefficient (Wildman–Crippen LogP) is 1.92. The number of amides is 1. The molecule has 4 heteroatoms. The van der Waals surface area contributed by atoms with Crippen molar-refractivity contribution in [3.05, 3.63) is 0 Å². The number of aliphatic hydroxyl groups excluding tert-OH is 1. The summed E-state index contributed by atoms with van der Waals surface area (Å²) in [6.45, 7) is 10.9. The van der Waals surface area contributed by atoms with Crippen molar-refractivity contribution in [3.63, 3.8) is 0 Å². The molecule has 1 amide bonds. The van der Waals surface area contributed by atoms with E-state index in [1.165, 1.54) is 0 Å². The first-order valence-corrected chi connectivity index (χ1v) is 5.31. The lowest BCUT2D eigenvalue weighted by Gasteiger charge is -2.27. The minimum absolute atomic E-state index is 0.164. The van der Waals surface area contributed by atoms with Gasteiger partial charge in [0.15, 0.2) is 0 Å². The van der Waals surface area contributed by atoms with Crippen LogP contribution in [0.2, 0.25) is 0 Å². The van der Waals surface area contributed by atoms with Crippen molar-refractivity contribution in [2.75, 3.05) is 0 Å². The van der Waals surface area contributed by atoms with Crippen molar-refractivity contribution in [2.45, 2.75) is 59.3 Å². The van der Waals surface area contributed by atoms with Gasteiger partial charge < -0.3 is 15.2 Å². The van der Waals surface area contributed by atoms with Crippen molar-refractivity contribution in [3.8, 4) is 0 Å². The van der Waals surface area contributed by atoms with Crippen LogP contribution < -0.4 is 5.32 Å². The van der Waals surface area contributed by atoms with E-state index in [4.69, 9.17) is 4.74 Å². The molecule has 15 heavy (non-hydrogen) atoms. The molecule has 0 saturated heterocycles. The normalized spacial score (nSPS) is 16.0. The fourth-order valence-corrected chi connectivity index (χ4v) is 1.29. The summed E-state index contributed by atoms with van der Waals surface area (Å²) in [6.07, 6.45) is -1.07. The van der Waals surface area contributed by atoms with Gasteiger partial charge in [-0.2, -0.15) is 0 Å². The summed E-state index contributed by atoms with van der Waals surface area (Å²) in [4.78, 5) is 11.4. The molecule has 0 saturated carbocycles. The quantitative estimate of drug-likeness (QED) is 0.759. The van der Waals surface area contributed by atoms with Crippen LogP contribution in [-0.2, 0) is 4.74 Å². The molecule has 2 atom stereocenters. The molecule has 0 heterocycles. The van der Waals surface area contributed by atoms with Gasteiger partial charge in [0, 0.05) is 0 Å². The zero-order valence-electron chi connectivity index (χ0n) is 10.5. The van der Waals surface area contributed by atoms with Crippen LogP contribution in [0.25, 0.3) is 0 Å². The minimum Gasteiger partial charge on any atom is -0.444 e. The van der Waals surface area contributed by atoms with E-state index in [0.717, 1.165) is 0 Å². The molecular formula is C11H23NO3. The number of carbonyl (C=O) groups excluding carboxylic acids is 1. The van der Waals surface area contributed by atoms with Crippen LogP contribution in [0.5, 0.6) is 0 Å². The van der Waals surface area contributed by atoms with Gasteiger partial charge in [0.05, 0.1) is 12.1 Å². The molecular weight excluding hydrogens is 194 g/mol. The Morgan fingerprint density at radius 1 is 1.27 bits per heavy atom. The van der Waals surface area contributed by atoms with Crippen molar-refractivity contribution in [2.24, 2.45) is 5.92 Å². The van der Waals surface area contributed by atoms with Crippen LogP contribution >= 0.6 is 0 Å². The lowest BCUT2D eigenvalue weighted by molar-refractivity contribution is 0.0398. The molecule has 0 radical (unpaired) electrons. The van der Waals surface area contributed by atoms with Gasteiger partial charge in [-0.15, -0.1) is 0 Å². The molecule has 0 aliphatic carbocycles. The maximum absolute atomic E-state index is 11.4. The standard InChI is InChI=1S/C11H23NO3/c1-7(2)9(8(3)13)12-10(14)15-11(4,5)6/h7-9,13H,1-6H3,(H,12,14)/t8-,9+/m1/s1. The average Bonchev–Trinajstić information content (AvgIpc) is 1.95. The van der Waals surface area contributed by atoms with Gasteiger partial charge in [-0.3, -0.25) is 0 Å². The van der Waals surface area contributed by atoms with E-state index in [0.29, 0.717) is 0 Å². The minimum atomic E-state index is -0.586. The number of alkyl carbamates (subject to hydrolysis) is 1. The van der Waals surface area contributed by atoms with Crippen LogP contribution in [0.1, 0.15) is 41.5 Å². The summed E-state index contributed by atoms with van der Waals surface area (Å²) in [5, 5.41) is 12.1. The van der Waals surface area contributed by atoms with E-state index < -0.39 is 17.8 Å². The molecule has 0 aromatic heterocycles. The smallest absolute Gasteiger partial charge is 0.407 e. The second kappa shape index (κ2) is 5.35. The number of hydrogen-bond donors (Lipinski definition) is 2. The van der Waals surface area contributed by atoms with Crippen LogP contribution in [-0.4, -0.2) is 28.9 Å². The maximum Gasteiger partial charge on any atom is 0.407 e. The van der Waals surface area contributed by atoms with Crippen molar-refractivity contribution in [1.29, 1.82) is 0 Å². The Morgan fingerprint density at radius 3 is 2.00 bits per heavy atom. The molecule has 2 N–H and O–H groups in total. The molecule has 90 valence electrons. The van der Waals surface area contributed by atoms with E-state index >= 15 is 0 Å². The number of aliphatic hydroxyl groups is 1. The average molecular weight is 217 g/mol. The number of nitrogens with one attached hydrogen (secondary N) is 1. The monoisotopic (exact) mass is 217 g/mol. The number of ether oxygens (including phenoxy) is 1. The van der Waals surface area contributed by atoms with E-state index in [1.54, 1.807) is 27.7 Å². The Labute approximate surface area is 92.0 Å². The second-order valence-electron chi connectivity index (χ2n) is 5.16. The zero-order valence-corrected chi connectivity index (χ0v) is 10.5.